The molecule has 8 heteroatoms. The Morgan fingerprint density at radius 2 is 2.17 bits per heavy atom. The van der Waals surface area contributed by atoms with Crippen LogP contribution in [0.5, 0.6) is 0 Å². The molecule has 1 aliphatic heterocycles. The van der Waals surface area contributed by atoms with Crippen molar-refractivity contribution in [2.75, 3.05) is 18.1 Å². The number of aromatic nitrogens is 3. The first kappa shape index (κ1) is 16.8. The minimum absolute atomic E-state index is 0.0719. The van der Waals surface area contributed by atoms with Crippen LogP contribution in [0, 0.1) is 5.82 Å². The first-order valence-corrected chi connectivity index (χ1v) is 8.94. The maximum Gasteiger partial charge on any atom is 0.233 e. The molecule has 6 nitrogen and oxygen atoms in total. The van der Waals surface area contributed by atoms with Gasteiger partial charge in [-0.15, -0.1) is 10.2 Å². The normalized spacial score (nSPS) is 17.9. The molecule has 1 fully saturated rings. The minimum atomic E-state index is -0.411. The molecule has 0 bridgehead atoms. The molecule has 3 rings (SSSR count). The van der Waals surface area contributed by atoms with Gasteiger partial charge in [-0.25, -0.2) is 9.07 Å². The molecule has 1 aromatic carbocycles. The number of halogens is 1. The highest BCUT2D eigenvalue weighted by Gasteiger charge is 2.24. The highest BCUT2D eigenvalue weighted by Crippen LogP contribution is 2.24. The molecule has 1 aliphatic rings. The summed E-state index contributed by atoms with van der Waals surface area (Å²) in [7, 11) is 0. The molecule has 128 valence electrons. The fourth-order valence-corrected chi connectivity index (χ4v) is 3.62. The number of amides is 1. The highest BCUT2D eigenvalue weighted by atomic mass is 32.2. The van der Waals surface area contributed by atoms with Crippen LogP contribution in [0.3, 0.4) is 0 Å². The van der Waals surface area contributed by atoms with Gasteiger partial charge in [0.1, 0.15) is 5.82 Å². The first-order chi connectivity index (χ1) is 11.6. The van der Waals surface area contributed by atoms with E-state index in [9.17, 15) is 9.18 Å². The lowest BCUT2D eigenvalue weighted by Crippen LogP contribution is -2.43. The number of hydrogen-bond acceptors (Lipinski definition) is 5. The SMILES string of the molecule is C[C@H]1CCCCN1C(=O)CSc1nnc(-c2ccccc2F)n1N. The summed E-state index contributed by atoms with van der Waals surface area (Å²) in [5.74, 6) is 6.13. The van der Waals surface area contributed by atoms with E-state index in [1.54, 1.807) is 18.2 Å². The van der Waals surface area contributed by atoms with Crippen molar-refractivity contribution >= 4 is 17.7 Å². The fourth-order valence-electron chi connectivity index (χ4n) is 2.88. The van der Waals surface area contributed by atoms with Crippen molar-refractivity contribution in [1.82, 2.24) is 19.8 Å². The van der Waals surface area contributed by atoms with Crippen molar-refractivity contribution in [3.63, 3.8) is 0 Å². The molecule has 0 spiro atoms. The van der Waals surface area contributed by atoms with Crippen molar-refractivity contribution in [2.24, 2.45) is 0 Å². The van der Waals surface area contributed by atoms with E-state index >= 15 is 0 Å². The predicted octanol–water partition coefficient (Wildman–Crippen LogP) is 2.29. The van der Waals surface area contributed by atoms with Crippen molar-refractivity contribution < 1.29 is 9.18 Å². The lowest BCUT2D eigenvalue weighted by Gasteiger charge is -2.33. The van der Waals surface area contributed by atoms with Crippen molar-refractivity contribution in [2.45, 2.75) is 37.4 Å². The van der Waals surface area contributed by atoms with Gasteiger partial charge in [0.15, 0.2) is 5.82 Å². The second-order valence-electron chi connectivity index (χ2n) is 5.88. The van der Waals surface area contributed by atoms with Gasteiger partial charge in [-0.05, 0) is 38.3 Å². The lowest BCUT2D eigenvalue weighted by molar-refractivity contribution is -0.131. The Morgan fingerprint density at radius 1 is 1.38 bits per heavy atom. The van der Waals surface area contributed by atoms with Gasteiger partial charge in [0.25, 0.3) is 0 Å². The molecule has 1 saturated heterocycles. The van der Waals surface area contributed by atoms with Gasteiger partial charge in [-0.2, -0.15) is 0 Å². The number of hydrogen-bond donors (Lipinski definition) is 1. The third kappa shape index (κ3) is 3.38. The van der Waals surface area contributed by atoms with Crippen LogP contribution >= 0.6 is 11.8 Å². The maximum absolute atomic E-state index is 13.9. The topological polar surface area (TPSA) is 77.0 Å². The summed E-state index contributed by atoms with van der Waals surface area (Å²) in [5.41, 5.74) is 0.287. The standard InChI is InChI=1S/C16H20FN5OS/c1-11-6-4-5-9-21(11)14(23)10-24-16-20-19-15(22(16)18)12-7-2-3-8-13(12)17/h2-3,7-8,11H,4-6,9-10,18H2,1H3/t11-/m0/s1. The number of nitrogens with two attached hydrogens (primary N) is 1. The summed E-state index contributed by atoms with van der Waals surface area (Å²) in [4.78, 5) is 14.3. The van der Waals surface area contributed by atoms with Crippen LogP contribution in [0.15, 0.2) is 29.4 Å². The molecule has 2 heterocycles. The molecule has 1 aromatic heterocycles. The highest BCUT2D eigenvalue weighted by molar-refractivity contribution is 7.99. The minimum Gasteiger partial charge on any atom is -0.339 e. The zero-order chi connectivity index (χ0) is 17.1. The monoisotopic (exact) mass is 349 g/mol. The summed E-state index contributed by atoms with van der Waals surface area (Å²) >= 11 is 1.22. The van der Waals surface area contributed by atoms with E-state index in [2.05, 4.69) is 17.1 Å². The molecular weight excluding hydrogens is 329 g/mol. The molecule has 2 aromatic rings. The number of likely N-dealkylation sites (tertiary alicyclic amines) is 1. The van der Waals surface area contributed by atoms with Crippen LogP contribution in [0.1, 0.15) is 26.2 Å². The summed E-state index contributed by atoms with van der Waals surface area (Å²) < 4.78 is 15.1. The van der Waals surface area contributed by atoms with Crippen molar-refractivity contribution in [1.29, 1.82) is 0 Å². The summed E-state index contributed by atoms with van der Waals surface area (Å²) in [6.45, 7) is 2.87. The third-order valence-electron chi connectivity index (χ3n) is 4.23. The van der Waals surface area contributed by atoms with E-state index in [-0.39, 0.29) is 29.1 Å². The largest absolute Gasteiger partial charge is 0.339 e. The Balaban J connectivity index is 1.69. The number of thioether (sulfide) groups is 1. The van der Waals surface area contributed by atoms with Gasteiger partial charge < -0.3 is 10.7 Å². The van der Waals surface area contributed by atoms with E-state index in [1.165, 1.54) is 28.9 Å². The van der Waals surface area contributed by atoms with Gasteiger partial charge in [0, 0.05) is 12.6 Å². The van der Waals surface area contributed by atoms with Crippen LogP contribution in [0.2, 0.25) is 0 Å². The maximum atomic E-state index is 13.9. The summed E-state index contributed by atoms with van der Waals surface area (Å²) in [5, 5.41) is 8.33. The molecule has 1 amide bonds. The zero-order valence-electron chi connectivity index (χ0n) is 13.5. The molecule has 0 unspecified atom stereocenters. The Hall–Kier alpha value is -2.09. The Kier molecular flexibility index (Phi) is 5.03. The van der Waals surface area contributed by atoms with E-state index in [0.717, 1.165) is 19.4 Å². The van der Waals surface area contributed by atoms with Crippen molar-refractivity contribution in [3.05, 3.63) is 30.1 Å². The van der Waals surface area contributed by atoms with Crippen LogP contribution in [0.4, 0.5) is 4.39 Å². The average Bonchev–Trinajstić information content (AvgIpc) is 2.94. The molecule has 0 aliphatic carbocycles. The molecule has 1 atom stereocenters. The second-order valence-corrected chi connectivity index (χ2v) is 6.82. The molecular formula is C16H20FN5OS. The number of rotatable bonds is 4. The predicted molar refractivity (Wildman–Crippen MR) is 91.3 cm³/mol. The van der Waals surface area contributed by atoms with Crippen LogP contribution in [-0.4, -0.2) is 44.0 Å². The third-order valence-corrected chi connectivity index (χ3v) is 5.16. The molecule has 0 radical (unpaired) electrons. The molecule has 0 saturated carbocycles. The van der Waals surface area contributed by atoms with Crippen LogP contribution in [0.25, 0.3) is 11.4 Å². The Bertz CT molecular complexity index is 735. The van der Waals surface area contributed by atoms with Gasteiger partial charge >= 0.3 is 0 Å². The second kappa shape index (κ2) is 7.21. The number of benzene rings is 1. The van der Waals surface area contributed by atoms with E-state index < -0.39 is 5.82 Å². The summed E-state index contributed by atoms with van der Waals surface area (Å²) in [6, 6.07) is 6.53. The molecule has 24 heavy (non-hydrogen) atoms. The zero-order valence-corrected chi connectivity index (χ0v) is 14.3. The van der Waals surface area contributed by atoms with Gasteiger partial charge in [-0.1, -0.05) is 23.9 Å². The van der Waals surface area contributed by atoms with Crippen molar-refractivity contribution in [3.8, 4) is 11.4 Å². The number of carbonyl (C=O) groups excluding carboxylic acids is 1. The van der Waals surface area contributed by atoms with E-state index in [1.807, 2.05) is 4.90 Å². The lowest BCUT2D eigenvalue weighted by atomic mass is 10.0. The van der Waals surface area contributed by atoms with Crippen LogP contribution < -0.4 is 5.84 Å². The molecule has 2 N–H and O–H groups in total. The Morgan fingerprint density at radius 3 is 2.92 bits per heavy atom. The number of nitrogens with zero attached hydrogens (tertiary/aromatic N) is 4. The quantitative estimate of drug-likeness (QED) is 0.677. The summed E-state index contributed by atoms with van der Waals surface area (Å²) in [6.07, 6.45) is 3.26. The number of carbonyl (C=O) groups is 1. The van der Waals surface area contributed by atoms with Crippen LogP contribution in [-0.2, 0) is 4.79 Å². The number of piperidine rings is 1. The Labute approximate surface area is 144 Å². The van der Waals surface area contributed by atoms with Gasteiger partial charge in [0.05, 0.1) is 11.3 Å². The van der Waals surface area contributed by atoms with Gasteiger partial charge in [0.2, 0.25) is 11.1 Å². The smallest absolute Gasteiger partial charge is 0.233 e. The van der Waals surface area contributed by atoms with E-state index in [0.29, 0.717) is 5.16 Å². The van der Waals surface area contributed by atoms with E-state index in [4.69, 9.17) is 5.84 Å². The van der Waals surface area contributed by atoms with Gasteiger partial charge in [-0.3, -0.25) is 4.79 Å². The fraction of sp³-hybridized carbons (Fsp3) is 0.438. The first-order valence-electron chi connectivity index (χ1n) is 7.95. The number of nitrogen functional groups attached to an aromatic ring is 1. The average molecular weight is 349 g/mol.